The van der Waals surface area contributed by atoms with Crippen LogP contribution >= 0.6 is 0 Å². The van der Waals surface area contributed by atoms with Gasteiger partial charge in [0.15, 0.2) is 11.6 Å². The van der Waals surface area contributed by atoms with Crippen LogP contribution in [0.2, 0.25) is 0 Å². The van der Waals surface area contributed by atoms with Crippen LogP contribution in [-0.2, 0) is 18.0 Å². The summed E-state index contributed by atoms with van der Waals surface area (Å²) >= 11 is 0. The van der Waals surface area contributed by atoms with Crippen LogP contribution in [0.25, 0.3) is 0 Å². The molecule has 2 aliphatic carbocycles. The highest BCUT2D eigenvalue weighted by Gasteiger charge is 2.60. The molecule has 8 heteroatoms. The summed E-state index contributed by atoms with van der Waals surface area (Å²) in [6.07, 6.45) is -0.757. The molecule has 5 rings (SSSR count). The Balaban J connectivity index is 1.53. The van der Waals surface area contributed by atoms with Crippen molar-refractivity contribution in [2.24, 2.45) is 5.92 Å². The van der Waals surface area contributed by atoms with Crippen LogP contribution < -0.4 is 10.1 Å². The van der Waals surface area contributed by atoms with E-state index in [2.05, 4.69) is 5.32 Å². The molecule has 2 fully saturated rings. The molecule has 2 aromatic rings. The van der Waals surface area contributed by atoms with Crippen LogP contribution in [-0.4, -0.2) is 29.9 Å². The van der Waals surface area contributed by atoms with E-state index in [9.17, 15) is 22.7 Å². The Kier molecular flexibility index (Phi) is 5.44. The SMILES string of the molecule is O[C@@]12COc3c(F)ccc(F)c3[C@]1(Cc1ccc(C(F)(F)F)cc1)CC[C@@H](NCC1CC1)C2. The molecule has 0 aromatic heterocycles. The highest BCUT2D eigenvalue weighted by atomic mass is 19.4. The monoisotopic (exact) mass is 467 g/mol. The highest BCUT2D eigenvalue weighted by Crippen LogP contribution is 2.55. The van der Waals surface area contributed by atoms with Gasteiger partial charge in [-0.3, -0.25) is 0 Å². The van der Waals surface area contributed by atoms with Gasteiger partial charge in [-0.2, -0.15) is 13.2 Å². The Morgan fingerprint density at radius 3 is 2.36 bits per heavy atom. The Morgan fingerprint density at radius 2 is 1.70 bits per heavy atom. The van der Waals surface area contributed by atoms with E-state index in [0.29, 0.717) is 24.3 Å². The molecule has 1 aliphatic heterocycles. The standard InChI is InChI=1S/C25H26F5NO2/c26-19-7-8-20(27)22-21(19)23(11-15-3-5-17(6-4-15)25(28,29)30)10-9-18(31-13-16-1-2-16)12-24(23,32)14-33-22/h3-8,16,18,31-32H,1-2,9-14H2/t18-,23-,24+/m1/s1. The lowest BCUT2D eigenvalue weighted by molar-refractivity contribution is -0.137. The molecule has 0 spiro atoms. The molecule has 2 saturated carbocycles. The number of aliphatic hydroxyl groups is 1. The Hall–Kier alpha value is -2.19. The molecule has 1 heterocycles. The fraction of sp³-hybridized carbons (Fsp3) is 0.520. The predicted molar refractivity (Wildman–Crippen MR) is 112 cm³/mol. The van der Waals surface area contributed by atoms with Crippen LogP contribution in [0.1, 0.15) is 48.8 Å². The molecule has 0 bridgehead atoms. The molecule has 0 saturated heterocycles. The lowest BCUT2D eigenvalue weighted by Crippen LogP contribution is -2.65. The zero-order chi connectivity index (χ0) is 23.4. The van der Waals surface area contributed by atoms with E-state index in [-0.39, 0.29) is 36.8 Å². The summed E-state index contributed by atoms with van der Waals surface area (Å²) in [5, 5.41) is 15.4. The van der Waals surface area contributed by atoms with Crippen molar-refractivity contribution in [1.29, 1.82) is 0 Å². The van der Waals surface area contributed by atoms with Gasteiger partial charge in [0.1, 0.15) is 18.0 Å². The van der Waals surface area contributed by atoms with Crippen molar-refractivity contribution in [3.63, 3.8) is 0 Å². The van der Waals surface area contributed by atoms with Crippen molar-refractivity contribution in [2.75, 3.05) is 13.2 Å². The Bertz CT molecular complexity index is 1040. The van der Waals surface area contributed by atoms with E-state index in [0.717, 1.165) is 30.8 Å². The third kappa shape index (κ3) is 4.01. The lowest BCUT2D eigenvalue weighted by Gasteiger charge is -2.55. The van der Waals surface area contributed by atoms with Gasteiger partial charge in [-0.1, -0.05) is 12.1 Å². The summed E-state index contributed by atoms with van der Waals surface area (Å²) < 4.78 is 74.5. The average Bonchev–Trinajstić information content (AvgIpc) is 3.59. The number of alkyl halides is 3. The minimum Gasteiger partial charge on any atom is -0.487 e. The first-order chi connectivity index (χ1) is 15.6. The second kappa shape index (κ2) is 7.94. The number of benzene rings is 2. The minimum atomic E-state index is -4.47. The van der Waals surface area contributed by atoms with Gasteiger partial charge in [-0.15, -0.1) is 0 Å². The number of nitrogens with one attached hydrogen (secondary N) is 1. The summed E-state index contributed by atoms with van der Waals surface area (Å²) in [6.45, 7) is 0.649. The molecule has 0 radical (unpaired) electrons. The molecule has 3 atom stereocenters. The maximum atomic E-state index is 15.2. The average molecular weight is 467 g/mol. The van der Waals surface area contributed by atoms with Crippen LogP contribution in [0.5, 0.6) is 5.75 Å². The number of ether oxygens (including phenoxy) is 1. The maximum absolute atomic E-state index is 15.2. The second-order valence-corrected chi connectivity index (χ2v) is 9.80. The fourth-order valence-electron chi connectivity index (χ4n) is 5.56. The van der Waals surface area contributed by atoms with Gasteiger partial charge in [-0.05, 0) is 80.8 Å². The van der Waals surface area contributed by atoms with Gasteiger partial charge in [0.2, 0.25) is 0 Å². The summed E-state index contributed by atoms with van der Waals surface area (Å²) in [7, 11) is 0. The smallest absolute Gasteiger partial charge is 0.416 e. The first kappa shape index (κ1) is 22.6. The largest absolute Gasteiger partial charge is 0.487 e. The van der Waals surface area contributed by atoms with Crippen LogP contribution in [0, 0.1) is 17.6 Å². The summed E-state index contributed by atoms with van der Waals surface area (Å²) in [5.74, 6) is -0.959. The molecule has 3 aliphatic rings. The first-order valence-corrected chi connectivity index (χ1v) is 11.3. The normalized spacial score (nSPS) is 29.2. The van der Waals surface area contributed by atoms with Crippen LogP contribution in [0.4, 0.5) is 22.0 Å². The lowest BCUT2D eigenvalue weighted by atomic mass is 9.55. The number of hydrogen-bond acceptors (Lipinski definition) is 3. The molecule has 0 amide bonds. The van der Waals surface area contributed by atoms with Gasteiger partial charge in [0.05, 0.1) is 5.56 Å². The summed E-state index contributed by atoms with van der Waals surface area (Å²) in [4.78, 5) is 0. The van der Waals surface area contributed by atoms with E-state index in [1.54, 1.807) is 0 Å². The van der Waals surface area contributed by atoms with Gasteiger partial charge >= 0.3 is 6.18 Å². The third-order valence-corrected chi connectivity index (χ3v) is 7.57. The predicted octanol–water partition coefficient (Wildman–Crippen LogP) is 5.14. The maximum Gasteiger partial charge on any atom is 0.416 e. The molecular weight excluding hydrogens is 441 g/mol. The van der Waals surface area contributed by atoms with Crippen LogP contribution in [0.3, 0.4) is 0 Å². The van der Waals surface area contributed by atoms with E-state index in [1.807, 2.05) is 0 Å². The highest BCUT2D eigenvalue weighted by molar-refractivity contribution is 5.49. The molecule has 33 heavy (non-hydrogen) atoms. The van der Waals surface area contributed by atoms with Gasteiger partial charge in [0, 0.05) is 17.0 Å². The quantitative estimate of drug-likeness (QED) is 0.599. The van der Waals surface area contributed by atoms with Crippen LogP contribution in [0.15, 0.2) is 36.4 Å². The molecule has 0 unspecified atom stereocenters. The number of hydrogen-bond donors (Lipinski definition) is 2. The van der Waals surface area contributed by atoms with E-state index in [4.69, 9.17) is 4.74 Å². The number of halogens is 5. The number of rotatable bonds is 5. The summed E-state index contributed by atoms with van der Waals surface area (Å²) in [6, 6.07) is 6.68. The Labute approximate surface area is 189 Å². The first-order valence-electron chi connectivity index (χ1n) is 11.3. The van der Waals surface area contributed by atoms with E-state index >= 15 is 4.39 Å². The third-order valence-electron chi connectivity index (χ3n) is 7.57. The topological polar surface area (TPSA) is 41.5 Å². The van der Waals surface area contributed by atoms with Crippen molar-refractivity contribution in [1.82, 2.24) is 5.32 Å². The number of fused-ring (bicyclic) bond motifs is 3. The fourth-order valence-corrected chi connectivity index (χ4v) is 5.56. The summed E-state index contributed by atoms with van der Waals surface area (Å²) in [5.41, 5.74) is -3.00. The van der Waals surface area contributed by atoms with Crippen molar-refractivity contribution in [3.8, 4) is 5.75 Å². The molecular formula is C25H26F5NO2. The van der Waals surface area contributed by atoms with Crippen molar-refractivity contribution < 1.29 is 31.8 Å². The van der Waals surface area contributed by atoms with Crippen molar-refractivity contribution in [2.45, 2.75) is 61.8 Å². The van der Waals surface area contributed by atoms with Crippen molar-refractivity contribution >= 4 is 0 Å². The second-order valence-electron chi connectivity index (χ2n) is 9.80. The molecule has 2 N–H and O–H groups in total. The molecule has 3 nitrogen and oxygen atoms in total. The molecule has 2 aromatic carbocycles. The van der Waals surface area contributed by atoms with E-state index in [1.165, 1.54) is 25.0 Å². The zero-order valence-electron chi connectivity index (χ0n) is 18.0. The van der Waals surface area contributed by atoms with E-state index < -0.39 is 34.4 Å². The van der Waals surface area contributed by atoms with Gasteiger partial charge in [-0.25, -0.2) is 8.78 Å². The molecule has 178 valence electrons. The minimum absolute atomic E-state index is 0.00176. The van der Waals surface area contributed by atoms with Crippen molar-refractivity contribution in [3.05, 3.63) is 64.7 Å². The zero-order valence-corrected chi connectivity index (χ0v) is 18.0. The Morgan fingerprint density at radius 1 is 1.00 bits per heavy atom. The van der Waals surface area contributed by atoms with Gasteiger partial charge < -0.3 is 15.2 Å². The van der Waals surface area contributed by atoms with Gasteiger partial charge in [0.25, 0.3) is 0 Å².